The van der Waals surface area contributed by atoms with Crippen molar-refractivity contribution in [2.75, 3.05) is 39.3 Å². The molecule has 3 heterocycles. The Labute approximate surface area is 146 Å². The van der Waals surface area contributed by atoms with Crippen LogP contribution in [0.3, 0.4) is 0 Å². The van der Waals surface area contributed by atoms with E-state index in [1.54, 1.807) is 0 Å². The van der Waals surface area contributed by atoms with Crippen LogP contribution < -0.4 is 5.32 Å². The molecule has 3 rings (SSSR count). The van der Waals surface area contributed by atoms with Gasteiger partial charge in [0, 0.05) is 37.8 Å². The Kier molecular flexibility index (Phi) is 7.34. The number of halogens is 1. The quantitative estimate of drug-likeness (QED) is 0.859. The van der Waals surface area contributed by atoms with E-state index in [2.05, 4.69) is 27.2 Å². The molecule has 1 N–H and O–H groups in total. The molecule has 23 heavy (non-hydrogen) atoms. The summed E-state index contributed by atoms with van der Waals surface area (Å²) in [5.74, 6) is 0.979. The lowest BCUT2D eigenvalue weighted by Gasteiger charge is -2.35. The van der Waals surface area contributed by atoms with Crippen LogP contribution in [0.1, 0.15) is 42.7 Å². The SMILES string of the molecule is Cc1noc(C)c1CN(CCN1CCCC1)C1CCCNC1.Cl. The van der Waals surface area contributed by atoms with Crippen molar-refractivity contribution < 1.29 is 4.52 Å². The van der Waals surface area contributed by atoms with Crippen LogP contribution in [0.5, 0.6) is 0 Å². The van der Waals surface area contributed by atoms with Crippen LogP contribution in [0.25, 0.3) is 0 Å². The molecule has 0 bridgehead atoms. The summed E-state index contributed by atoms with van der Waals surface area (Å²) < 4.78 is 5.36. The van der Waals surface area contributed by atoms with Gasteiger partial charge in [0.05, 0.1) is 5.69 Å². The standard InChI is InChI=1S/C17H30N4O.ClH/c1-14-17(15(2)22-19-14)13-21(16-6-5-7-18-12-16)11-10-20-8-3-4-9-20;/h16,18H,3-13H2,1-2H3;1H. The van der Waals surface area contributed by atoms with E-state index < -0.39 is 0 Å². The summed E-state index contributed by atoms with van der Waals surface area (Å²) in [5.41, 5.74) is 2.33. The van der Waals surface area contributed by atoms with Gasteiger partial charge >= 0.3 is 0 Å². The number of likely N-dealkylation sites (tertiary alicyclic amines) is 1. The van der Waals surface area contributed by atoms with Crippen molar-refractivity contribution >= 4 is 12.4 Å². The monoisotopic (exact) mass is 342 g/mol. The van der Waals surface area contributed by atoms with Gasteiger partial charge in [-0.1, -0.05) is 5.16 Å². The Morgan fingerprint density at radius 2 is 2.04 bits per heavy atom. The highest BCUT2D eigenvalue weighted by Gasteiger charge is 2.24. The first kappa shape index (κ1) is 18.7. The second-order valence-corrected chi connectivity index (χ2v) is 6.82. The van der Waals surface area contributed by atoms with Crippen LogP contribution >= 0.6 is 12.4 Å². The summed E-state index contributed by atoms with van der Waals surface area (Å²) in [6.07, 6.45) is 5.33. The zero-order valence-corrected chi connectivity index (χ0v) is 15.3. The molecule has 1 unspecified atom stereocenters. The van der Waals surface area contributed by atoms with Crippen LogP contribution in [0, 0.1) is 13.8 Å². The lowest BCUT2D eigenvalue weighted by atomic mass is 10.0. The molecule has 1 aromatic heterocycles. The van der Waals surface area contributed by atoms with E-state index in [-0.39, 0.29) is 12.4 Å². The first-order chi connectivity index (χ1) is 10.7. The molecule has 0 radical (unpaired) electrons. The number of rotatable bonds is 6. The summed E-state index contributed by atoms with van der Waals surface area (Å²) in [7, 11) is 0. The van der Waals surface area contributed by atoms with Gasteiger partial charge in [0.1, 0.15) is 5.76 Å². The Morgan fingerprint density at radius 1 is 1.26 bits per heavy atom. The van der Waals surface area contributed by atoms with Gasteiger partial charge in [0.2, 0.25) is 0 Å². The van der Waals surface area contributed by atoms with Crippen molar-refractivity contribution in [2.24, 2.45) is 0 Å². The van der Waals surface area contributed by atoms with Gasteiger partial charge in [0.15, 0.2) is 0 Å². The largest absolute Gasteiger partial charge is 0.361 e. The third-order valence-corrected chi connectivity index (χ3v) is 5.23. The highest BCUT2D eigenvalue weighted by Crippen LogP contribution is 2.19. The molecule has 2 aliphatic heterocycles. The van der Waals surface area contributed by atoms with Crippen LogP contribution in [0.2, 0.25) is 0 Å². The fourth-order valence-electron chi connectivity index (χ4n) is 3.74. The number of hydrogen-bond donors (Lipinski definition) is 1. The molecule has 0 aromatic carbocycles. The topological polar surface area (TPSA) is 44.5 Å². The summed E-state index contributed by atoms with van der Waals surface area (Å²) in [6.45, 7) is 12.3. The molecule has 0 amide bonds. The molecule has 2 fully saturated rings. The molecule has 1 aromatic rings. The molecule has 2 saturated heterocycles. The minimum atomic E-state index is 0. The van der Waals surface area contributed by atoms with Crippen molar-refractivity contribution in [3.8, 4) is 0 Å². The Balaban J connectivity index is 0.00000192. The maximum absolute atomic E-state index is 5.36. The normalized spacial score (nSPS) is 22.5. The minimum absolute atomic E-state index is 0. The average Bonchev–Trinajstić information content (AvgIpc) is 3.16. The summed E-state index contributed by atoms with van der Waals surface area (Å²) in [6, 6.07) is 0.644. The molecule has 132 valence electrons. The van der Waals surface area contributed by atoms with Gasteiger partial charge in [0.25, 0.3) is 0 Å². The van der Waals surface area contributed by atoms with Crippen molar-refractivity contribution in [3.05, 3.63) is 17.0 Å². The zero-order chi connectivity index (χ0) is 15.4. The number of nitrogens with one attached hydrogen (secondary N) is 1. The summed E-state index contributed by atoms with van der Waals surface area (Å²) in [4.78, 5) is 5.26. The first-order valence-electron chi connectivity index (χ1n) is 8.83. The van der Waals surface area contributed by atoms with Gasteiger partial charge in [-0.05, 0) is 59.2 Å². The number of piperidine rings is 1. The van der Waals surface area contributed by atoms with Gasteiger partial charge in [-0.25, -0.2) is 0 Å². The maximum atomic E-state index is 5.36. The van der Waals surface area contributed by atoms with E-state index in [1.807, 2.05) is 6.92 Å². The number of aryl methyl sites for hydroxylation is 2. The van der Waals surface area contributed by atoms with Crippen molar-refractivity contribution in [1.29, 1.82) is 0 Å². The number of nitrogens with zero attached hydrogens (tertiary/aromatic N) is 3. The Bertz CT molecular complexity index is 448. The Morgan fingerprint density at radius 3 is 2.65 bits per heavy atom. The smallest absolute Gasteiger partial charge is 0.138 e. The lowest BCUT2D eigenvalue weighted by Crippen LogP contribution is -2.48. The van der Waals surface area contributed by atoms with Crippen LogP contribution in [-0.4, -0.2) is 60.3 Å². The predicted molar refractivity (Wildman–Crippen MR) is 95.2 cm³/mol. The summed E-state index contributed by atoms with van der Waals surface area (Å²) >= 11 is 0. The average molecular weight is 343 g/mol. The number of aromatic nitrogens is 1. The highest BCUT2D eigenvalue weighted by molar-refractivity contribution is 5.85. The van der Waals surface area contributed by atoms with E-state index in [1.165, 1.54) is 57.4 Å². The van der Waals surface area contributed by atoms with Gasteiger partial charge < -0.3 is 14.7 Å². The zero-order valence-electron chi connectivity index (χ0n) is 14.5. The van der Waals surface area contributed by atoms with Crippen LogP contribution in [0.15, 0.2) is 4.52 Å². The van der Waals surface area contributed by atoms with E-state index in [0.717, 1.165) is 31.1 Å². The predicted octanol–water partition coefficient (Wildman–Crippen LogP) is 2.36. The van der Waals surface area contributed by atoms with Crippen molar-refractivity contribution in [3.63, 3.8) is 0 Å². The van der Waals surface area contributed by atoms with E-state index in [4.69, 9.17) is 4.52 Å². The minimum Gasteiger partial charge on any atom is -0.361 e. The number of hydrogen-bond acceptors (Lipinski definition) is 5. The van der Waals surface area contributed by atoms with Gasteiger partial charge in [-0.15, -0.1) is 12.4 Å². The maximum Gasteiger partial charge on any atom is 0.138 e. The fraction of sp³-hybridized carbons (Fsp3) is 0.824. The molecule has 5 nitrogen and oxygen atoms in total. The third kappa shape index (κ3) is 4.92. The van der Waals surface area contributed by atoms with Crippen molar-refractivity contribution in [1.82, 2.24) is 20.3 Å². The molecule has 2 aliphatic rings. The second kappa shape index (κ2) is 9.02. The van der Waals surface area contributed by atoms with E-state index in [9.17, 15) is 0 Å². The Hall–Kier alpha value is -0.620. The lowest BCUT2D eigenvalue weighted by molar-refractivity contribution is 0.139. The van der Waals surface area contributed by atoms with Gasteiger partial charge in [-0.2, -0.15) is 0 Å². The third-order valence-electron chi connectivity index (χ3n) is 5.23. The van der Waals surface area contributed by atoms with Crippen molar-refractivity contribution in [2.45, 2.75) is 52.1 Å². The molecule has 0 saturated carbocycles. The highest BCUT2D eigenvalue weighted by atomic mass is 35.5. The molecular weight excluding hydrogens is 312 g/mol. The molecule has 0 aliphatic carbocycles. The van der Waals surface area contributed by atoms with Gasteiger partial charge in [-0.3, -0.25) is 4.90 Å². The first-order valence-corrected chi connectivity index (χ1v) is 8.83. The molecule has 0 spiro atoms. The van der Waals surface area contributed by atoms with Crippen LogP contribution in [0.4, 0.5) is 0 Å². The fourth-order valence-corrected chi connectivity index (χ4v) is 3.74. The molecule has 1 atom stereocenters. The summed E-state index contributed by atoms with van der Waals surface area (Å²) in [5, 5.41) is 7.68. The molecular formula is C17H31ClN4O. The molecule has 6 heteroatoms. The van der Waals surface area contributed by atoms with E-state index in [0.29, 0.717) is 6.04 Å². The van der Waals surface area contributed by atoms with E-state index >= 15 is 0 Å². The van der Waals surface area contributed by atoms with Crippen LogP contribution in [-0.2, 0) is 6.54 Å². The second-order valence-electron chi connectivity index (χ2n) is 6.82.